The molecule has 0 aliphatic rings. The lowest BCUT2D eigenvalue weighted by Crippen LogP contribution is -2.53. The Hall–Kier alpha value is -4.45. The van der Waals surface area contributed by atoms with E-state index in [1.165, 1.54) is 37.3 Å². The van der Waals surface area contributed by atoms with Crippen LogP contribution in [-0.4, -0.2) is 65.1 Å². The van der Waals surface area contributed by atoms with Gasteiger partial charge < -0.3 is 24.4 Å². The number of rotatable bonds is 18. The van der Waals surface area contributed by atoms with Gasteiger partial charge in [0.2, 0.25) is 11.8 Å². The van der Waals surface area contributed by atoms with Gasteiger partial charge in [0.25, 0.3) is 10.0 Å². The van der Waals surface area contributed by atoms with Crippen molar-refractivity contribution >= 4 is 50.7 Å². The Bertz CT molecular complexity index is 1880. The molecule has 4 aromatic carbocycles. The zero-order valence-corrected chi connectivity index (χ0v) is 31.4. The predicted octanol–water partition coefficient (Wildman–Crippen LogP) is 7.16. The maximum Gasteiger partial charge on any atom is 0.264 e. The smallest absolute Gasteiger partial charge is 0.264 e. The van der Waals surface area contributed by atoms with Crippen molar-refractivity contribution in [1.29, 1.82) is 0 Å². The summed E-state index contributed by atoms with van der Waals surface area (Å²) in [4.78, 5) is 30.0. The minimum Gasteiger partial charge on any atom is -0.494 e. The van der Waals surface area contributed by atoms with E-state index in [4.69, 9.17) is 37.4 Å². The molecule has 1 N–H and O–H groups in total. The summed E-state index contributed by atoms with van der Waals surface area (Å²) >= 11 is 12.6. The van der Waals surface area contributed by atoms with Gasteiger partial charge >= 0.3 is 0 Å². The van der Waals surface area contributed by atoms with E-state index in [-0.39, 0.29) is 40.2 Å². The Kier molecular flexibility index (Phi) is 14.4. The van der Waals surface area contributed by atoms with Crippen LogP contribution in [0.5, 0.6) is 17.2 Å². The fraction of sp³-hybridized carbons (Fsp3) is 0.316. The van der Waals surface area contributed by atoms with Gasteiger partial charge in [-0.25, -0.2) is 8.42 Å². The van der Waals surface area contributed by atoms with E-state index < -0.39 is 28.5 Å². The lowest BCUT2D eigenvalue weighted by atomic mass is 10.0. The molecule has 0 unspecified atom stereocenters. The fourth-order valence-electron chi connectivity index (χ4n) is 5.40. The Balaban J connectivity index is 1.84. The Morgan fingerprint density at radius 2 is 1.53 bits per heavy atom. The molecule has 13 heteroatoms. The highest BCUT2D eigenvalue weighted by atomic mass is 35.5. The third-order valence-corrected chi connectivity index (χ3v) is 10.6. The van der Waals surface area contributed by atoms with Crippen LogP contribution < -0.4 is 23.8 Å². The number of halogens is 2. The SMILES string of the molecule is CCCCNC(=O)[C@H](Cc1ccccc1)N(Cc1ccc(Cl)c(Cl)c1)C(=O)CN(c1ccc(OCC)cc1)S(=O)(=O)c1ccc(OC)c(OC)c1. The van der Waals surface area contributed by atoms with Crippen molar-refractivity contribution < 1.29 is 32.2 Å². The first-order valence-electron chi connectivity index (χ1n) is 16.5. The number of benzene rings is 4. The molecule has 2 amide bonds. The van der Waals surface area contributed by atoms with Gasteiger partial charge in [-0.2, -0.15) is 0 Å². The van der Waals surface area contributed by atoms with Crippen LogP contribution in [0.2, 0.25) is 10.0 Å². The van der Waals surface area contributed by atoms with Crippen LogP contribution in [0, 0.1) is 0 Å². The Morgan fingerprint density at radius 3 is 2.16 bits per heavy atom. The summed E-state index contributed by atoms with van der Waals surface area (Å²) in [5.74, 6) is 0.0841. The van der Waals surface area contributed by atoms with Crippen LogP contribution in [-0.2, 0) is 32.6 Å². The molecule has 0 spiro atoms. The van der Waals surface area contributed by atoms with Gasteiger partial charge in [-0.1, -0.05) is 72.9 Å². The summed E-state index contributed by atoms with van der Waals surface area (Å²) in [7, 11) is -1.55. The first-order valence-corrected chi connectivity index (χ1v) is 18.7. The van der Waals surface area contributed by atoms with Gasteiger partial charge in [-0.05, 0) is 73.0 Å². The third-order valence-electron chi connectivity index (χ3n) is 8.10. The largest absolute Gasteiger partial charge is 0.494 e. The molecule has 4 rings (SSSR count). The quantitative estimate of drug-likeness (QED) is 0.107. The first kappa shape index (κ1) is 39.3. The molecule has 272 valence electrons. The van der Waals surface area contributed by atoms with Gasteiger partial charge in [-0.15, -0.1) is 0 Å². The summed E-state index contributed by atoms with van der Waals surface area (Å²) in [6, 6.07) is 23.9. The molecule has 10 nitrogen and oxygen atoms in total. The van der Waals surface area contributed by atoms with Crippen molar-refractivity contribution in [1.82, 2.24) is 10.2 Å². The van der Waals surface area contributed by atoms with E-state index in [1.807, 2.05) is 44.2 Å². The molecule has 0 aliphatic carbocycles. The van der Waals surface area contributed by atoms with E-state index in [1.54, 1.807) is 42.5 Å². The Labute approximate surface area is 310 Å². The molecule has 51 heavy (non-hydrogen) atoms. The number of hydrogen-bond acceptors (Lipinski definition) is 7. The molecule has 0 heterocycles. The first-order chi connectivity index (χ1) is 24.5. The summed E-state index contributed by atoms with van der Waals surface area (Å²) in [5, 5.41) is 3.59. The number of ether oxygens (including phenoxy) is 3. The van der Waals surface area contributed by atoms with Gasteiger partial charge in [0.15, 0.2) is 11.5 Å². The van der Waals surface area contributed by atoms with E-state index >= 15 is 0 Å². The zero-order valence-electron chi connectivity index (χ0n) is 29.1. The van der Waals surface area contributed by atoms with Crippen molar-refractivity contribution in [3.8, 4) is 17.2 Å². The monoisotopic (exact) mass is 755 g/mol. The molecule has 0 aromatic heterocycles. The average Bonchev–Trinajstić information content (AvgIpc) is 3.14. The van der Waals surface area contributed by atoms with Crippen molar-refractivity contribution in [2.45, 2.75) is 50.6 Å². The number of methoxy groups -OCH3 is 2. The van der Waals surface area contributed by atoms with Crippen LogP contribution in [0.25, 0.3) is 0 Å². The molecular formula is C38H43Cl2N3O7S. The average molecular weight is 757 g/mol. The van der Waals surface area contributed by atoms with Gasteiger partial charge in [0.05, 0.1) is 41.5 Å². The summed E-state index contributed by atoms with van der Waals surface area (Å²) in [6.07, 6.45) is 1.79. The second-order valence-corrected chi connectivity index (χ2v) is 14.3. The van der Waals surface area contributed by atoms with Crippen LogP contribution in [0.15, 0.2) is 95.9 Å². The maximum atomic E-state index is 14.7. The van der Waals surface area contributed by atoms with Crippen molar-refractivity contribution in [2.24, 2.45) is 0 Å². The second kappa shape index (κ2) is 18.7. The lowest BCUT2D eigenvalue weighted by molar-refractivity contribution is -0.140. The number of nitrogens with one attached hydrogen (secondary N) is 1. The molecule has 4 aromatic rings. The fourth-order valence-corrected chi connectivity index (χ4v) is 7.15. The molecule has 1 atom stereocenters. The van der Waals surface area contributed by atoms with Crippen LogP contribution >= 0.6 is 23.2 Å². The highest BCUT2D eigenvalue weighted by Crippen LogP contribution is 2.33. The number of unbranched alkanes of at least 4 members (excludes halogenated alkanes) is 1. The van der Waals surface area contributed by atoms with E-state index in [0.717, 1.165) is 22.7 Å². The summed E-state index contributed by atoms with van der Waals surface area (Å²) < 4.78 is 46.3. The zero-order chi connectivity index (χ0) is 37.0. The Morgan fingerprint density at radius 1 is 0.824 bits per heavy atom. The number of carbonyl (C=O) groups is 2. The summed E-state index contributed by atoms with van der Waals surface area (Å²) in [6.45, 7) is 4.00. The highest BCUT2D eigenvalue weighted by Gasteiger charge is 2.35. The number of hydrogen-bond donors (Lipinski definition) is 1. The lowest BCUT2D eigenvalue weighted by Gasteiger charge is -2.34. The third kappa shape index (κ3) is 10.3. The minimum atomic E-state index is -4.40. The molecule has 0 fully saturated rings. The van der Waals surface area contributed by atoms with Crippen LogP contribution in [0.4, 0.5) is 5.69 Å². The van der Waals surface area contributed by atoms with Crippen LogP contribution in [0.1, 0.15) is 37.8 Å². The molecular weight excluding hydrogens is 713 g/mol. The minimum absolute atomic E-state index is 0.0536. The van der Waals surface area contributed by atoms with Gasteiger partial charge in [-0.3, -0.25) is 13.9 Å². The van der Waals surface area contributed by atoms with Crippen molar-refractivity contribution in [2.75, 3.05) is 38.2 Å². The predicted molar refractivity (Wildman–Crippen MR) is 201 cm³/mol. The summed E-state index contributed by atoms with van der Waals surface area (Å²) in [5.41, 5.74) is 1.64. The molecule has 0 radical (unpaired) electrons. The van der Waals surface area contributed by atoms with Crippen LogP contribution in [0.3, 0.4) is 0 Å². The standard InChI is InChI=1S/C38H43Cl2N3O7S/c1-5-7-21-41-38(45)34(23-27-11-9-8-10-12-27)42(25-28-13-19-32(39)33(40)22-28)37(44)26-43(29-14-16-30(17-15-29)50-6-2)51(46,47)31-18-20-35(48-3)36(24-31)49-4/h8-20,22,24,34H,5-7,21,23,25-26H2,1-4H3,(H,41,45)/t34-/m0/s1. The number of anilines is 1. The number of sulfonamides is 1. The molecule has 0 saturated carbocycles. The molecule has 0 saturated heterocycles. The normalized spacial score (nSPS) is 11.7. The maximum absolute atomic E-state index is 14.7. The second-order valence-electron chi connectivity index (χ2n) is 11.6. The number of amides is 2. The molecule has 0 bridgehead atoms. The van der Waals surface area contributed by atoms with Gasteiger partial charge in [0, 0.05) is 25.6 Å². The molecule has 0 aliphatic heterocycles. The van der Waals surface area contributed by atoms with Crippen molar-refractivity contribution in [3.05, 3.63) is 112 Å². The number of carbonyl (C=O) groups excluding carboxylic acids is 2. The topological polar surface area (TPSA) is 114 Å². The van der Waals surface area contributed by atoms with Crippen molar-refractivity contribution in [3.63, 3.8) is 0 Å². The van der Waals surface area contributed by atoms with E-state index in [2.05, 4.69) is 5.32 Å². The van der Waals surface area contributed by atoms with Gasteiger partial charge in [0.1, 0.15) is 18.3 Å². The van der Waals surface area contributed by atoms with E-state index in [9.17, 15) is 18.0 Å². The number of nitrogens with zero attached hydrogens (tertiary/aromatic N) is 2. The van der Waals surface area contributed by atoms with E-state index in [0.29, 0.717) is 35.2 Å². The highest BCUT2D eigenvalue weighted by molar-refractivity contribution is 7.92.